The Bertz CT molecular complexity index is 391. The molecule has 2 unspecified atom stereocenters. The van der Waals surface area contributed by atoms with Crippen molar-refractivity contribution in [3.63, 3.8) is 0 Å². The molecule has 1 rings (SSSR count). The quantitative estimate of drug-likeness (QED) is 0.583. The van der Waals surface area contributed by atoms with Gasteiger partial charge >= 0.3 is 0 Å². The molecule has 1 aliphatic rings. The Labute approximate surface area is 102 Å². The van der Waals surface area contributed by atoms with E-state index in [1.165, 1.54) is 0 Å². The van der Waals surface area contributed by atoms with Gasteiger partial charge in [0, 0.05) is 19.3 Å². The van der Waals surface area contributed by atoms with Gasteiger partial charge in [-0.3, -0.25) is 4.79 Å². The first kappa shape index (κ1) is 14.4. The molecule has 3 N–H and O–H groups in total. The van der Waals surface area contributed by atoms with Crippen molar-refractivity contribution in [1.29, 1.82) is 0 Å². The molecule has 1 aliphatic heterocycles. The summed E-state index contributed by atoms with van der Waals surface area (Å²) < 4.78 is 21.9. The van der Waals surface area contributed by atoms with Gasteiger partial charge < -0.3 is 15.7 Å². The molecule has 1 saturated heterocycles. The molecule has 0 aromatic carbocycles. The minimum absolute atomic E-state index is 0.0684. The number of sulfone groups is 1. The number of aliphatic hydroxyl groups is 1. The van der Waals surface area contributed by atoms with Gasteiger partial charge in [0.1, 0.15) is 0 Å². The summed E-state index contributed by atoms with van der Waals surface area (Å²) in [6.07, 6.45) is 1.01. The highest BCUT2D eigenvalue weighted by molar-refractivity contribution is 7.92. The molecule has 0 aliphatic carbocycles. The van der Waals surface area contributed by atoms with Crippen LogP contribution in [0.2, 0.25) is 0 Å². The van der Waals surface area contributed by atoms with Gasteiger partial charge in [-0.25, -0.2) is 8.42 Å². The first-order valence-corrected chi connectivity index (χ1v) is 7.41. The van der Waals surface area contributed by atoms with Crippen LogP contribution in [0, 0.1) is 0 Å². The summed E-state index contributed by atoms with van der Waals surface area (Å²) in [5, 5.41) is 14.7. The summed E-state index contributed by atoms with van der Waals surface area (Å²) in [5.74, 6) is -0.265. The van der Waals surface area contributed by atoms with Gasteiger partial charge in [0.15, 0.2) is 9.84 Å². The van der Waals surface area contributed by atoms with Crippen LogP contribution in [0.4, 0.5) is 0 Å². The Balaban J connectivity index is 2.49. The van der Waals surface area contributed by atoms with Gasteiger partial charge in [-0.2, -0.15) is 0 Å². The molecule has 6 nitrogen and oxygen atoms in total. The van der Waals surface area contributed by atoms with Crippen LogP contribution in [0.3, 0.4) is 0 Å². The Hall–Kier alpha value is -0.660. The number of hydrogen-bond acceptors (Lipinski definition) is 5. The van der Waals surface area contributed by atoms with E-state index in [-0.39, 0.29) is 12.5 Å². The van der Waals surface area contributed by atoms with E-state index >= 15 is 0 Å². The van der Waals surface area contributed by atoms with Gasteiger partial charge in [0.25, 0.3) is 0 Å². The molecule has 0 radical (unpaired) electrons. The third kappa shape index (κ3) is 3.65. The van der Waals surface area contributed by atoms with Gasteiger partial charge in [-0.15, -0.1) is 0 Å². The lowest BCUT2D eigenvalue weighted by atomic mass is 10.1. The molecule has 7 heteroatoms. The number of carbonyl (C=O) groups excluding carboxylic acids is 1. The second-order valence-electron chi connectivity index (χ2n) is 5.10. The highest BCUT2D eigenvalue weighted by Gasteiger charge is 2.33. The van der Waals surface area contributed by atoms with E-state index < -0.39 is 26.7 Å². The molecule has 1 fully saturated rings. The highest BCUT2D eigenvalue weighted by atomic mass is 32.2. The molecule has 100 valence electrons. The molecule has 0 saturated carbocycles. The average molecular weight is 264 g/mol. The third-order valence-corrected chi connectivity index (χ3v) is 5.27. The SMILES string of the molecule is CC(C)(CNC(=O)C1CC(O)CN1)S(C)(=O)=O. The number of carbonyl (C=O) groups is 1. The molecule has 1 amide bonds. The lowest BCUT2D eigenvalue weighted by Crippen LogP contribution is -2.48. The molecule has 0 aromatic rings. The van der Waals surface area contributed by atoms with Crippen LogP contribution in [0.25, 0.3) is 0 Å². The van der Waals surface area contributed by atoms with E-state index in [4.69, 9.17) is 0 Å². The van der Waals surface area contributed by atoms with E-state index in [9.17, 15) is 18.3 Å². The standard InChI is InChI=1S/C10H20N2O4S/c1-10(2,17(3,15)16)6-12-9(14)8-4-7(13)5-11-8/h7-8,11,13H,4-6H2,1-3H3,(H,12,14). The zero-order valence-corrected chi connectivity index (χ0v) is 11.2. The zero-order valence-electron chi connectivity index (χ0n) is 10.4. The number of β-amino-alcohol motifs (C(OH)–C–C–N with tert-alkyl or cyclic N) is 1. The van der Waals surface area contributed by atoms with Gasteiger partial charge in [-0.1, -0.05) is 0 Å². The summed E-state index contributed by atoms with van der Waals surface area (Å²) >= 11 is 0. The maximum atomic E-state index is 11.7. The lowest BCUT2D eigenvalue weighted by Gasteiger charge is -2.23. The van der Waals surface area contributed by atoms with Crippen molar-refractivity contribution in [3.05, 3.63) is 0 Å². The van der Waals surface area contributed by atoms with Crippen LogP contribution >= 0.6 is 0 Å². The van der Waals surface area contributed by atoms with Crippen molar-refractivity contribution >= 4 is 15.7 Å². The molecular weight excluding hydrogens is 244 g/mol. The monoisotopic (exact) mass is 264 g/mol. The van der Waals surface area contributed by atoms with Crippen LogP contribution < -0.4 is 10.6 Å². The fraction of sp³-hybridized carbons (Fsp3) is 0.900. The normalized spacial score (nSPS) is 25.9. The number of amides is 1. The Morgan fingerprint density at radius 2 is 2.12 bits per heavy atom. The van der Waals surface area contributed by atoms with Crippen molar-refractivity contribution in [3.8, 4) is 0 Å². The summed E-state index contributed by atoms with van der Waals surface area (Å²) in [6, 6.07) is -0.430. The van der Waals surface area contributed by atoms with Crippen molar-refractivity contribution in [2.24, 2.45) is 0 Å². The number of rotatable bonds is 4. The summed E-state index contributed by atoms with van der Waals surface area (Å²) in [4.78, 5) is 11.7. The van der Waals surface area contributed by atoms with Crippen LogP contribution in [0.5, 0.6) is 0 Å². The predicted octanol–water partition coefficient (Wildman–Crippen LogP) is -1.35. The van der Waals surface area contributed by atoms with E-state index in [1.54, 1.807) is 13.8 Å². The van der Waals surface area contributed by atoms with Gasteiger partial charge in [0.05, 0.1) is 16.9 Å². The van der Waals surface area contributed by atoms with Crippen LogP contribution in [0.1, 0.15) is 20.3 Å². The minimum Gasteiger partial charge on any atom is -0.392 e. The number of hydrogen-bond donors (Lipinski definition) is 3. The van der Waals surface area contributed by atoms with Crippen molar-refractivity contribution in [2.75, 3.05) is 19.3 Å². The van der Waals surface area contributed by atoms with Gasteiger partial charge in [-0.05, 0) is 20.3 Å². The fourth-order valence-corrected chi connectivity index (χ4v) is 1.81. The zero-order chi connectivity index (χ0) is 13.3. The van der Waals surface area contributed by atoms with Crippen molar-refractivity contribution < 1.29 is 18.3 Å². The fourth-order valence-electron chi connectivity index (χ4n) is 1.47. The molecule has 1 heterocycles. The van der Waals surface area contributed by atoms with E-state index in [2.05, 4.69) is 10.6 Å². The highest BCUT2D eigenvalue weighted by Crippen LogP contribution is 2.14. The van der Waals surface area contributed by atoms with Crippen LogP contribution in [-0.2, 0) is 14.6 Å². The topological polar surface area (TPSA) is 95.5 Å². The lowest BCUT2D eigenvalue weighted by molar-refractivity contribution is -0.123. The van der Waals surface area contributed by atoms with Crippen LogP contribution in [-0.4, -0.2) is 55.7 Å². The number of nitrogens with one attached hydrogen (secondary N) is 2. The first-order valence-electron chi connectivity index (χ1n) is 5.52. The van der Waals surface area contributed by atoms with Crippen molar-refractivity contribution in [2.45, 2.75) is 37.2 Å². The maximum absolute atomic E-state index is 11.7. The Morgan fingerprint density at radius 3 is 2.53 bits per heavy atom. The summed E-state index contributed by atoms with van der Waals surface area (Å²) in [5.41, 5.74) is 0. The molecule has 2 atom stereocenters. The van der Waals surface area contributed by atoms with E-state index in [0.717, 1.165) is 6.26 Å². The Kier molecular flexibility index (Phi) is 4.16. The molecule has 17 heavy (non-hydrogen) atoms. The number of aliphatic hydroxyl groups excluding tert-OH is 1. The summed E-state index contributed by atoms with van der Waals surface area (Å²) in [7, 11) is -3.22. The molecule has 0 bridgehead atoms. The molecular formula is C10H20N2O4S. The first-order chi connectivity index (χ1) is 7.63. The van der Waals surface area contributed by atoms with E-state index in [1.807, 2.05) is 0 Å². The second kappa shape index (κ2) is 4.91. The molecule has 0 spiro atoms. The van der Waals surface area contributed by atoms with Gasteiger partial charge in [0.2, 0.25) is 5.91 Å². The predicted molar refractivity (Wildman–Crippen MR) is 64.3 cm³/mol. The summed E-state index contributed by atoms with van der Waals surface area (Å²) in [6.45, 7) is 3.60. The van der Waals surface area contributed by atoms with Crippen molar-refractivity contribution in [1.82, 2.24) is 10.6 Å². The third-order valence-electron chi connectivity index (χ3n) is 3.12. The van der Waals surface area contributed by atoms with Crippen LogP contribution in [0.15, 0.2) is 0 Å². The maximum Gasteiger partial charge on any atom is 0.237 e. The largest absolute Gasteiger partial charge is 0.392 e. The Morgan fingerprint density at radius 1 is 1.53 bits per heavy atom. The second-order valence-corrected chi connectivity index (χ2v) is 7.75. The molecule has 0 aromatic heterocycles. The minimum atomic E-state index is -3.22. The average Bonchev–Trinajstić information content (AvgIpc) is 2.59. The smallest absolute Gasteiger partial charge is 0.237 e. The van der Waals surface area contributed by atoms with E-state index in [0.29, 0.717) is 13.0 Å².